The summed E-state index contributed by atoms with van der Waals surface area (Å²) in [6.45, 7) is 6.66. The van der Waals surface area contributed by atoms with Crippen LogP contribution in [0.25, 0.3) is 0 Å². The Morgan fingerprint density at radius 2 is 1.88 bits per heavy atom. The topological polar surface area (TPSA) is 40.5 Å². The predicted octanol–water partition coefficient (Wildman–Crippen LogP) is 2.94. The first-order valence-electron chi connectivity index (χ1n) is 6.18. The monoisotopic (exact) mass is 235 g/mol. The van der Waals surface area contributed by atoms with Crippen LogP contribution in [0.15, 0.2) is 24.3 Å². The summed E-state index contributed by atoms with van der Waals surface area (Å²) in [5.74, 6) is -0.780. The smallest absolute Gasteiger partial charge is 0.326 e. The maximum Gasteiger partial charge on any atom is 0.326 e. The van der Waals surface area contributed by atoms with Crippen molar-refractivity contribution >= 4 is 11.7 Å². The average molecular weight is 235 g/mol. The van der Waals surface area contributed by atoms with Crippen molar-refractivity contribution in [1.82, 2.24) is 0 Å². The number of benzene rings is 1. The van der Waals surface area contributed by atoms with Gasteiger partial charge in [0.2, 0.25) is 0 Å². The van der Waals surface area contributed by atoms with E-state index >= 15 is 0 Å². The fourth-order valence-corrected chi connectivity index (χ4v) is 1.84. The molecule has 3 nitrogen and oxygen atoms in total. The third kappa shape index (κ3) is 3.48. The summed E-state index contributed by atoms with van der Waals surface area (Å²) in [6.07, 6.45) is 1.94. The van der Waals surface area contributed by atoms with Crippen LogP contribution in [0.1, 0.15) is 32.8 Å². The van der Waals surface area contributed by atoms with Crippen molar-refractivity contribution in [2.75, 3.05) is 11.4 Å². The third-order valence-electron chi connectivity index (χ3n) is 2.97. The molecule has 1 aromatic rings. The fraction of sp³-hybridized carbons (Fsp3) is 0.500. The highest BCUT2D eigenvalue weighted by Gasteiger charge is 2.19. The summed E-state index contributed by atoms with van der Waals surface area (Å²) in [6, 6.07) is 7.66. The van der Waals surface area contributed by atoms with E-state index in [0.29, 0.717) is 0 Å². The van der Waals surface area contributed by atoms with Crippen molar-refractivity contribution < 1.29 is 9.90 Å². The minimum Gasteiger partial charge on any atom is -0.480 e. The first kappa shape index (κ1) is 13.6. The lowest BCUT2D eigenvalue weighted by Crippen LogP contribution is -2.39. The summed E-state index contributed by atoms with van der Waals surface area (Å²) in [4.78, 5) is 13.0. The maximum absolute atomic E-state index is 11.1. The average Bonchev–Trinajstić information content (AvgIpc) is 2.35. The maximum atomic E-state index is 11.1. The minimum absolute atomic E-state index is 0.484. The molecule has 1 aromatic carbocycles. The molecule has 1 atom stereocenters. The molecule has 0 heterocycles. The Bertz CT molecular complexity index is 359. The highest BCUT2D eigenvalue weighted by atomic mass is 16.4. The Labute approximate surface area is 103 Å². The molecule has 0 aliphatic rings. The number of carbonyl (C=O) groups is 1. The van der Waals surface area contributed by atoms with Gasteiger partial charge in [0.1, 0.15) is 6.04 Å². The largest absolute Gasteiger partial charge is 0.480 e. The van der Waals surface area contributed by atoms with Crippen LogP contribution in [0.5, 0.6) is 0 Å². The number of carboxylic acid groups (broad SMARTS) is 1. The van der Waals surface area contributed by atoms with Gasteiger partial charge in [-0.25, -0.2) is 4.79 Å². The van der Waals surface area contributed by atoms with E-state index in [1.54, 1.807) is 6.92 Å². The van der Waals surface area contributed by atoms with Crippen LogP contribution in [0, 0.1) is 0 Å². The Hall–Kier alpha value is -1.51. The van der Waals surface area contributed by atoms with Gasteiger partial charge in [-0.05, 0) is 37.5 Å². The van der Waals surface area contributed by atoms with Gasteiger partial charge in [-0.1, -0.05) is 26.0 Å². The van der Waals surface area contributed by atoms with Crippen LogP contribution < -0.4 is 4.90 Å². The van der Waals surface area contributed by atoms with Gasteiger partial charge in [0.05, 0.1) is 0 Å². The number of anilines is 1. The number of aliphatic carboxylic acids is 1. The van der Waals surface area contributed by atoms with Crippen LogP contribution >= 0.6 is 0 Å². The summed E-state index contributed by atoms with van der Waals surface area (Å²) in [5, 5.41) is 9.10. The first-order valence-corrected chi connectivity index (χ1v) is 6.18. The number of carboxylic acids is 1. The molecule has 0 saturated carbocycles. The van der Waals surface area contributed by atoms with Gasteiger partial charge in [0.25, 0.3) is 0 Å². The molecular weight excluding hydrogens is 214 g/mol. The minimum atomic E-state index is -0.780. The second-order valence-corrected chi connectivity index (χ2v) is 4.23. The summed E-state index contributed by atoms with van der Waals surface area (Å²) < 4.78 is 0. The second kappa shape index (κ2) is 6.28. The van der Waals surface area contributed by atoms with E-state index < -0.39 is 12.0 Å². The highest BCUT2D eigenvalue weighted by molar-refractivity contribution is 5.77. The molecule has 0 aliphatic heterocycles. The summed E-state index contributed by atoms with van der Waals surface area (Å²) in [7, 11) is 0. The first-order chi connectivity index (χ1) is 8.10. The normalized spacial score (nSPS) is 12.2. The molecule has 1 rings (SSSR count). The fourth-order valence-electron chi connectivity index (χ4n) is 1.84. The van der Waals surface area contributed by atoms with E-state index in [9.17, 15) is 4.79 Å². The van der Waals surface area contributed by atoms with Crippen LogP contribution in [0.4, 0.5) is 5.69 Å². The van der Waals surface area contributed by atoms with Crippen LogP contribution in [-0.2, 0) is 11.2 Å². The van der Waals surface area contributed by atoms with Crippen LogP contribution in [0.3, 0.4) is 0 Å². The molecule has 0 saturated heterocycles. The molecule has 1 unspecified atom stereocenters. The molecular formula is C14H21NO2. The number of nitrogens with zero attached hydrogens (tertiary/aromatic N) is 1. The SMILES string of the molecule is CCCN(c1ccc(CC)cc1)C(C)C(=O)O. The number of hydrogen-bond donors (Lipinski definition) is 1. The van der Waals surface area contributed by atoms with Gasteiger partial charge in [-0.3, -0.25) is 0 Å². The summed E-state index contributed by atoms with van der Waals surface area (Å²) >= 11 is 0. The molecule has 3 heteroatoms. The van der Waals surface area contributed by atoms with Crippen molar-refractivity contribution in [3.05, 3.63) is 29.8 Å². The molecule has 0 aromatic heterocycles. The van der Waals surface area contributed by atoms with Gasteiger partial charge in [-0.15, -0.1) is 0 Å². The van der Waals surface area contributed by atoms with Gasteiger partial charge >= 0.3 is 5.97 Å². The third-order valence-corrected chi connectivity index (χ3v) is 2.97. The Kier molecular flexibility index (Phi) is 5.01. The molecule has 0 aliphatic carbocycles. The number of aryl methyl sites for hydroxylation is 1. The predicted molar refractivity (Wildman–Crippen MR) is 70.6 cm³/mol. The highest BCUT2D eigenvalue weighted by Crippen LogP contribution is 2.18. The van der Waals surface area contributed by atoms with E-state index in [-0.39, 0.29) is 0 Å². The Balaban J connectivity index is 2.92. The lowest BCUT2D eigenvalue weighted by molar-refractivity contribution is -0.138. The van der Waals surface area contributed by atoms with Crippen molar-refractivity contribution in [3.8, 4) is 0 Å². The van der Waals surface area contributed by atoms with Gasteiger partial charge in [0, 0.05) is 12.2 Å². The zero-order chi connectivity index (χ0) is 12.8. The Morgan fingerprint density at radius 1 is 1.29 bits per heavy atom. The molecule has 0 radical (unpaired) electrons. The molecule has 1 N–H and O–H groups in total. The van der Waals surface area contributed by atoms with Gasteiger partial charge in [-0.2, -0.15) is 0 Å². The van der Waals surface area contributed by atoms with E-state index in [1.807, 2.05) is 17.0 Å². The molecule has 0 fully saturated rings. The number of rotatable bonds is 6. The molecule has 17 heavy (non-hydrogen) atoms. The van der Waals surface area contributed by atoms with Gasteiger partial charge < -0.3 is 10.0 Å². The molecule has 0 bridgehead atoms. The zero-order valence-electron chi connectivity index (χ0n) is 10.8. The molecule has 0 amide bonds. The van der Waals surface area contributed by atoms with E-state index in [2.05, 4.69) is 26.0 Å². The van der Waals surface area contributed by atoms with E-state index in [1.165, 1.54) is 5.56 Å². The van der Waals surface area contributed by atoms with Crippen molar-refractivity contribution in [2.45, 2.75) is 39.7 Å². The van der Waals surface area contributed by atoms with Crippen LogP contribution in [-0.4, -0.2) is 23.7 Å². The second-order valence-electron chi connectivity index (χ2n) is 4.23. The summed E-state index contributed by atoms with van der Waals surface area (Å²) in [5.41, 5.74) is 2.26. The quantitative estimate of drug-likeness (QED) is 0.824. The number of hydrogen-bond acceptors (Lipinski definition) is 2. The molecule has 0 spiro atoms. The van der Waals surface area contributed by atoms with Crippen molar-refractivity contribution in [1.29, 1.82) is 0 Å². The van der Waals surface area contributed by atoms with E-state index in [0.717, 1.165) is 25.1 Å². The van der Waals surface area contributed by atoms with E-state index in [4.69, 9.17) is 5.11 Å². The van der Waals surface area contributed by atoms with Crippen molar-refractivity contribution in [3.63, 3.8) is 0 Å². The standard InChI is InChI=1S/C14H21NO2/c1-4-10-15(11(3)14(16)17)13-8-6-12(5-2)7-9-13/h6-9,11H,4-5,10H2,1-3H3,(H,16,17). The molecule has 94 valence electrons. The van der Waals surface area contributed by atoms with Gasteiger partial charge in [0.15, 0.2) is 0 Å². The van der Waals surface area contributed by atoms with Crippen LogP contribution in [0.2, 0.25) is 0 Å². The lowest BCUT2D eigenvalue weighted by Gasteiger charge is -2.28. The zero-order valence-corrected chi connectivity index (χ0v) is 10.8. The van der Waals surface area contributed by atoms with Crippen molar-refractivity contribution in [2.24, 2.45) is 0 Å². The lowest BCUT2D eigenvalue weighted by atomic mass is 10.1. The Morgan fingerprint density at radius 3 is 2.29 bits per heavy atom.